The van der Waals surface area contributed by atoms with E-state index in [9.17, 15) is 0 Å². The lowest BCUT2D eigenvalue weighted by atomic mass is 9.75. The molecule has 1 atom stereocenters. The van der Waals surface area contributed by atoms with Gasteiger partial charge in [0.05, 0.1) is 13.2 Å². The van der Waals surface area contributed by atoms with Gasteiger partial charge in [0.15, 0.2) is 0 Å². The third-order valence-electron chi connectivity index (χ3n) is 5.62. The van der Waals surface area contributed by atoms with Crippen LogP contribution in [0.1, 0.15) is 38.5 Å². The van der Waals surface area contributed by atoms with E-state index in [0.29, 0.717) is 5.41 Å². The summed E-state index contributed by atoms with van der Waals surface area (Å²) in [6.07, 6.45) is 8.42. The minimum Gasteiger partial charge on any atom is -0.379 e. The minimum absolute atomic E-state index is 0.515. The first kappa shape index (κ1) is 15.1. The molecule has 2 saturated heterocycles. The summed E-state index contributed by atoms with van der Waals surface area (Å²) in [5.74, 6) is 1.08. The van der Waals surface area contributed by atoms with Crippen LogP contribution in [0.25, 0.3) is 0 Å². The molecule has 2 heterocycles. The molecule has 1 saturated carbocycles. The molecule has 0 aromatic rings. The molecule has 0 aromatic carbocycles. The molecule has 0 radical (unpaired) electrons. The van der Waals surface area contributed by atoms with E-state index in [1.54, 1.807) is 0 Å². The molecule has 3 nitrogen and oxygen atoms in total. The smallest absolute Gasteiger partial charge is 0.0594 e. The number of ether oxygens (including phenoxy) is 1. The van der Waals surface area contributed by atoms with E-state index >= 15 is 0 Å². The summed E-state index contributed by atoms with van der Waals surface area (Å²) < 4.78 is 5.48. The van der Waals surface area contributed by atoms with Crippen molar-refractivity contribution in [2.45, 2.75) is 44.6 Å². The minimum atomic E-state index is 0.515. The van der Waals surface area contributed by atoms with Crippen LogP contribution in [0.5, 0.6) is 0 Å². The van der Waals surface area contributed by atoms with E-state index in [1.807, 2.05) is 0 Å². The normalized spacial score (nSPS) is 32.5. The monoisotopic (exact) mass is 298 g/mol. The van der Waals surface area contributed by atoms with Gasteiger partial charge in [0, 0.05) is 32.2 Å². The highest BCUT2D eigenvalue weighted by atomic mass is 32.1. The van der Waals surface area contributed by atoms with Gasteiger partial charge in [-0.25, -0.2) is 0 Å². The second-order valence-corrected chi connectivity index (χ2v) is 7.36. The van der Waals surface area contributed by atoms with E-state index in [2.05, 4.69) is 9.80 Å². The van der Waals surface area contributed by atoms with E-state index in [1.165, 1.54) is 58.2 Å². The van der Waals surface area contributed by atoms with Crippen molar-refractivity contribution in [3.05, 3.63) is 0 Å². The topological polar surface area (TPSA) is 15.7 Å². The van der Waals surface area contributed by atoms with E-state index in [-0.39, 0.29) is 0 Å². The van der Waals surface area contributed by atoms with Crippen molar-refractivity contribution in [1.29, 1.82) is 0 Å². The Hall–Kier alpha value is 0.230. The summed E-state index contributed by atoms with van der Waals surface area (Å²) in [5.41, 5.74) is 0.515. The van der Waals surface area contributed by atoms with Crippen LogP contribution in [0, 0.1) is 5.41 Å². The third-order valence-corrected chi connectivity index (χ3v) is 6.29. The van der Waals surface area contributed by atoms with Crippen LogP contribution >= 0.6 is 12.6 Å². The van der Waals surface area contributed by atoms with Crippen LogP contribution in [0.4, 0.5) is 0 Å². The molecule has 1 aliphatic carbocycles. The number of hydrogen-bond donors (Lipinski definition) is 1. The molecule has 0 spiro atoms. The highest BCUT2D eigenvalue weighted by Gasteiger charge is 2.36. The van der Waals surface area contributed by atoms with Crippen molar-refractivity contribution in [3.63, 3.8) is 0 Å². The molecular weight excluding hydrogens is 268 g/mol. The number of morpholine rings is 1. The van der Waals surface area contributed by atoms with E-state index in [4.69, 9.17) is 17.4 Å². The number of hydrogen-bond acceptors (Lipinski definition) is 4. The van der Waals surface area contributed by atoms with Crippen LogP contribution in [-0.4, -0.2) is 67.5 Å². The number of nitrogens with zero attached hydrogens (tertiary/aromatic N) is 2. The van der Waals surface area contributed by atoms with Crippen molar-refractivity contribution in [1.82, 2.24) is 9.80 Å². The van der Waals surface area contributed by atoms with Gasteiger partial charge in [0.2, 0.25) is 0 Å². The summed E-state index contributed by atoms with van der Waals surface area (Å²) in [6.45, 7) is 7.98. The molecule has 0 N–H and O–H groups in total. The SMILES string of the molecule is SCC1(CN2CCC(N3CCOCC3)C2)CCCCC1. The first-order chi connectivity index (χ1) is 9.81. The van der Waals surface area contributed by atoms with Crippen molar-refractivity contribution in [3.8, 4) is 0 Å². The van der Waals surface area contributed by atoms with Gasteiger partial charge in [0.25, 0.3) is 0 Å². The fourth-order valence-electron chi connectivity index (χ4n) is 4.34. The van der Waals surface area contributed by atoms with Crippen LogP contribution in [-0.2, 0) is 4.74 Å². The molecule has 2 aliphatic heterocycles. The zero-order valence-corrected chi connectivity index (χ0v) is 13.6. The lowest BCUT2D eigenvalue weighted by Crippen LogP contribution is -2.46. The standard InChI is InChI=1S/C16H30N2OS/c20-14-16(5-2-1-3-6-16)13-17-7-4-15(12-17)18-8-10-19-11-9-18/h15,20H,1-14H2. The van der Waals surface area contributed by atoms with Gasteiger partial charge >= 0.3 is 0 Å². The molecule has 0 aromatic heterocycles. The van der Waals surface area contributed by atoms with Gasteiger partial charge in [-0.1, -0.05) is 19.3 Å². The van der Waals surface area contributed by atoms with E-state index < -0.39 is 0 Å². The second kappa shape index (κ2) is 6.99. The van der Waals surface area contributed by atoms with Crippen LogP contribution < -0.4 is 0 Å². The van der Waals surface area contributed by atoms with Crippen molar-refractivity contribution in [2.24, 2.45) is 5.41 Å². The molecule has 3 aliphatic rings. The predicted octanol–water partition coefficient (Wildman–Crippen LogP) is 2.27. The number of rotatable bonds is 4. The average molecular weight is 298 g/mol. The highest BCUT2D eigenvalue weighted by molar-refractivity contribution is 7.80. The molecule has 20 heavy (non-hydrogen) atoms. The quantitative estimate of drug-likeness (QED) is 0.802. The predicted molar refractivity (Wildman–Crippen MR) is 86.6 cm³/mol. The number of likely N-dealkylation sites (tertiary alicyclic amines) is 1. The third kappa shape index (κ3) is 3.52. The second-order valence-electron chi connectivity index (χ2n) is 7.04. The van der Waals surface area contributed by atoms with Gasteiger partial charge in [-0.3, -0.25) is 4.90 Å². The summed E-state index contributed by atoms with van der Waals surface area (Å²) in [4.78, 5) is 5.37. The Balaban J connectivity index is 1.51. The maximum absolute atomic E-state index is 5.48. The average Bonchev–Trinajstić information content (AvgIpc) is 2.97. The van der Waals surface area contributed by atoms with Gasteiger partial charge in [0.1, 0.15) is 0 Å². The Morgan fingerprint density at radius 2 is 1.80 bits per heavy atom. The van der Waals surface area contributed by atoms with Crippen LogP contribution in [0.3, 0.4) is 0 Å². The van der Waals surface area contributed by atoms with Gasteiger partial charge in [-0.15, -0.1) is 0 Å². The summed E-state index contributed by atoms with van der Waals surface area (Å²) in [7, 11) is 0. The fraction of sp³-hybridized carbons (Fsp3) is 1.00. The van der Waals surface area contributed by atoms with Crippen molar-refractivity contribution in [2.75, 3.05) is 51.7 Å². The molecule has 116 valence electrons. The van der Waals surface area contributed by atoms with Crippen LogP contribution in [0.2, 0.25) is 0 Å². The Bertz CT molecular complexity index is 301. The maximum Gasteiger partial charge on any atom is 0.0594 e. The Morgan fingerprint density at radius 1 is 1.05 bits per heavy atom. The summed E-state index contributed by atoms with van der Waals surface area (Å²) in [5, 5.41) is 0. The molecule has 3 rings (SSSR count). The van der Waals surface area contributed by atoms with Gasteiger partial charge < -0.3 is 9.64 Å². The summed E-state index contributed by atoms with van der Waals surface area (Å²) >= 11 is 4.69. The molecule has 3 fully saturated rings. The Morgan fingerprint density at radius 3 is 2.50 bits per heavy atom. The molecule has 0 amide bonds. The van der Waals surface area contributed by atoms with Gasteiger partial charge in [-0.2, -0.15) is 12.6 Å². The lowest BCUT2D eigenvalue weighted by Gasteiger charge is -2.39. The molecular formula is C16H30N2OS. The zero-order valence-electron chi connectivity index (χ0n) is 12.7. The lowest BCUT2D eigenvalue weighted by molar-refractivity contribution is 0.0173. The fourth-order valence-corrected chi connectivity index (χ4v) is 4.76. The Labute approximate surface area is 129 Å². The zero-order chi connectivity index (χ0) is 13.8. The first-order valence-corrected chi connectivity index (χ1v) is 9.10. The van der Waals surface area contributed by atoms with Crippen molar-refractivity contribution < 1.29 is 4.74 Å². The van der Waals surface area contributed by atoms with Gasteiger partial charge in [-0.05, 0) is 37.0 Å². The largest absolute Gasteiger partial charge is 0.379 e. The number of thiol groups is 1. The maximum atomic E-state index is 5.48. The molecule has 4 heteroatoms. The highest BCUT2D eigenvalue weighted by Crippen LogP contribution is 2.38. The molecule has 1 unspecified atom stereocenters. The van der Waals surface area contributed by atoms with Crippen molar-refractivity contribution >= 4 is 12.6 Å². The summed E-state index contributed by atoms with van der Waals surface area (Å²) in [6, 6.07) is 0.777. The Kier molecular flexibility index (Phi) is 5.29. The van der Waals surface area contributed by atoms with E-state index in [0.717, 1.165) is 38.1 Å². The first-order valence-electron chi connectivity index (χ1n) is 8.46. The molecule has 0 bridgehead atoms. The van der Waals surface area contributed by atoms with Crippen LogP contribution in [0.15, 0.2) is 0 Å².